The third-order valence-electron chi connectivity index (χ3n) is 4.21. The van der Waals surface area contributed by atoms with Crippen LogP contribution in [0.4, 0.5) is 5.00 Å². The zero-order valence-electron chi connectivity index (χ0n) is 15.8. The Morgan fingerprint density at radius 2 is 2.00 bits per heavy atom. The molecule has 1 unspecified atom stereocenters. The largest absolute Gasteiger partial charge is 0.297 e. The van der Waals surface area contributed by atoms with Gasteiger partial charge in [-0.15, -0.1) is 0 Å². The van der Waals surface area contributed by atoms with Crippen LogP contribution in [0.25, 0.3) is 10.6 Å². The fourth-order valence-corrected chi connectivity index (χ4v) is 4.56. The summed E-state index contributed by atoms with van der Waals surface area (Å²) in [5.74, 6) is 0.891. The third kappa shape index (κ3) is 4.76. The number of thiazole rings is 1. The summed E-state index contributed by atoms with van der Waals surface area (Å²) < 4.78 is 0. The lowest BCUT2D eigenvalue weighted by Crippen LogP contribution is -2.35. The van der Waals surface area contributed by atoms with E-state index in [0.717, 1.165) is 32.6 Å². The molecule has 2 aromatic heterocycles. The first-order chi connectivity index (χ1) is 13.1. The predicted octanol–water partition coefficient (Wildman–Crippen LogP) is 5.05. The van der Waals surface area contributed by atoms with Crippen molar-refractivity contribution in [1.82, 2.24) is 9.97 Å². The molecule has 27 heavy (non-hydrogen) atoms. The Kier molecular flexibility index (Phi) is 6.63. The lowest BCUT2D eigenvalue weighted by atomic mass is 10.1. The number of nitrogens with zero attached hydrogens (tertiary/aromatic N) is 3. The van der Waals surface area contributed by atoms with Gasteiger partial charge in [0.05, 0.1) is 12.2 Å². The van der Waals surface area contributed by atoms with Crippen LogP contribution in [-0.4, -0.2) is 27.9 Å². The first-order valence-electron chi connectivity index (χ1n) is 8.82. The molecule has 0 fully saturated rings. The maximum Gasteiger partial charge on any atom is 0.231 e. The zero-order chi connectivity index (χ0) is 19.2. The van der Waals surface area contributed by atoms with Crippen LogP contribution in [0.15, 0.2) is 54.9 Å². The quantitative estimate of drug-likeness (QED) is 0.560. The predicted molar refractivity (Wildman–Crippen MR) is 115 cm³/mol. The van der Waals surface area contributed by atoms with Crippen LogP contribution in [0.5, 0.6) is 0 Å². The summed E-state index contributed by atoms with van der Waals surface area (Å²) in [7, 11) is 0. The number of carbonyl (C=O) groups is 1. The van der Waals surface area contributed by atoms with E-state index < -0.39 is 0 Å². The van der Waals surface area contributed by atoms with Crippen molar-refractivity contribution in [2.75, 3.05) is 16.9 Å². The molecule has 4 nitrogen and oxygen atoms in total. The number of aryl methyl sites for hydroxylation is 1. The van der Waals surface area contributed by atoms with Gasteiger partial charge in [0.25, 0.3) is 0 Å². The standard InChI is InChI=1S/C21H23N3OS2/c1-15(14-26-3)20(25)24(13-17-8-5-4-6-9-17)21-16(2)23-19(27-21)18-10-7-11-22-12-18/h4-12,15H,13-14H2,1-3H3. The van der Waals surface area contributed by atoms with Crippen LogP contribution < -0.4 is 4.90 Å². The highest BCUT2D eigenvalue weighted by Gasteiger charge is 2.26. The topological polar surface area (TPSA) is 46.1 Å². The van der Waals surface area contributed by atoms with Crippen LogP contribution in [0, 0.1) is 12.8 Å². The van der Waals surface area contributed by atoms with Crippen molar-refractivity contribution in [3.05, 3.63) is 66.1 Å². The van der Waals surface area contributed by atoms with Crippen molar-refractivity contribution in [2.24, 2.45) is 5.92 Å². The minimum absolute atomic E-state index is 0.0490. The fourth-order valence-electron chi connectivity index (χ4n) is 2.85. The Labute approximate surface area is 168 Å². The average Bonchev–Trinajstić information content (AvgIpc) is 3.09. The number of carbonyl (C=O) groups excluding carboxylic acids is 1. The monoisotopic (exact) mass is 397 g/mol. The van der Waals surface area contributed by atoms with Crippen molar-refractivity contribution in [2.45, 2.75) is 20.4 Å². The molecule has 0 aliphatic carbocycles. The van der Waals surface area contributed by atoms with Crippen molar-refractivity contribution < 1.29 is 4.79 Å². The normalized spacial score (nSPS) is 12.0. The molecule has 3 rings (SSSR count). The second-order valence-electron chi connectivity index (χ2n) is 6.42. The number of aromatic nitrogens is 2. The molecule has 2 heterocycles. The van der Waals surface area contributed by atoms with Crippen LogP contribution >= 0.6 is 23.1 Å². The molecule has 0 aliphatic rings. The van der Waals surface area contributed by atoms with Gasteiger partial charge in [-0.05, 0) is 30.9 Å². The van der Waals surface area contributed by atoms with E-state index in [1.54, 1.807) is 29.3 Å². The minimum Gasteiger partial charge on any atom is -0.297 e. The first-order valence-corrected chi connectivity index (χ1v) is 11.0. The molecule has 0 bridgehead atoms. The minimum atomic E-state index is -0.0490. The van der Waals surface area contributed by atoms with Gasteiger partial charge in [-0.1, -0.05) is 48.6 Å². The van der Waals surface area contributed by atoms with Crippen LogP contribution in [0.2, 0.25) is 0 Å². The van der Waals surface area contributed by atoms with Gasteiger partial charge in [0.1, 0.15) is 10.0 Å². The molecular formula is C21H23N3OS2. The maximum absolute atomic E-state index is 13.2. The highest BCUT2D eigenvalue weighted by Crippen LogP contribution is 2.35. The van der Waals surface area contributed by atoms with E-state index in [-0.39, 0.29) is 11.8 Å². The highest BCUT2D eigenvalue weighted by molar-refractivity contribution is 7.98. The Morgan fingerprint density at radius 3 is 2.67 bits per heavy atom. The second-order valence-corrected chi connectivity index (χ2v) is 8.31. The van der Waals surface area contributed by atoms with Crippen LogP contribution in [0.3, 0.4) is 0 Å². The number of hydrogen-bond acceptors (Lipinski definition) is 5. The number of amides is 1. The lowest BCUT2D eigenvalue weighted by molar-refractivity contribution is -0.121. The van der Waals surface area contributed by atoms with Gasteiger partial charge < -0.3 is 0 Å². The summed E-state index contributed by atoms with van der Waals surface area (Å²) in [6.45, 7) is 4.51. The Morgan fingerprint density at radius 1 is 1.22 bits per heavy atom. The number of rotatable bonds is 7. The van der Waals surface area contributed by atoms with E-state index in [9.17, 15) is 4.79 Å². The second kappa shape index (κ2) is 9.15. The smallest absolute Gasteiger partial charge is 0.231 e. The number of hydrogen-bond donors (Lipinski definition) is 0. The van der Waals surface area contributed by atoms with E-state index in [0.29, 0.717) is 6.54 Å². The van der Waals surface area contributed by atoms with Crippen molar-refractivity contribution in [3.63, 3.8) is 0 Å². The van der Waals surface area contributed by atoms with E-state index in [4.69, 9.17) is 4.98 Å². The van der Waals surface area contributed by atoms with Gasteiger partial charge in [-0.2, -0.15) is 11.8 Å². The number of benzene rings is 1. The van der Waals surface area contributed by atoms with Crippen molar-refractivity contribution >= 4 is 34.0 Å². The third-order valence-corrected chi connectivity index (χ3v) is 6.28. The fraction of sp³-hybridized carbons (Fsp3) is 0.286. The maximum atomic E-state index is 13.2. The van der Waals surface area contributed by atoms with Crippen molar-refractivity contribution in [1.29, 1.82) is 0 Å². The Hall–Kier alpha value is -2.18. The molecule has 6 heteroatoms. The summed E-state index contributed by atoms with van der Waals surface area (Å²) in [6, 6.07) is 14.0. The molecule has 0 saturated heterocycles. The first kappa shape index (κ1) is 19.6. The average molecular weight is 398 g/mol. The van der Waals surface area contributed by atoms with E-state index in [1.807, 2.05) is 61.5 Å². The summed E-state index contributed by atoms with van der Waals surface area (Å²) in [5.41, 5.74) is 2.96. The molecule has 3 aromatic rings. The van der Waals surface area contributed by atoms with Gasteiger partial charge >= 0.3 is 0 Å². The van der Waals surface area contributed by atoms with Crippen LogP contribution in [-0.2, 0) is 11.3 Å². The summed E-state index contributed by atoms with van der Waals surface area (Å²) >= 11 is 3.25. The van der Waals surface area contributed by atoms with Gasteiger partial charge in [0, 0.05) is 29.6 Å². The van der Waals surface area contributed by atoms with E-state index >= 15 is 0 Å². The number of anilines is 1. The van der Waals surface area contributed by atoms with Crippen molar-refractivity contribution in [3.8, 4) is 10.6 Å². The van der Waals surface area contributed by atoms with Crippen LogP contribution in [0.1, 0.15) is 18.2 Å². The lowest BCUT2D eigenvalue weighted by Gasteiger charge is -2.25. The molecule has 0 radical (unpaired) electrons. The summed E-state index contributed by atoms with van der Waals surface area (Å²) in [6.07, 6.45) is 5.59. The van der Waals surface area contributed by atoms with E-state index in [1.165, 1.54) is 0 Å². The Bertz CT molecular complexity index is 881. The van der Waals surface area contributed by atoms with Gasteiger partial charge in [-0.3, -0.25) is 14.7 Å². The van der Waals surface area contributed by atoms with Gasteiger partial charge in [0.2, 0.25) is 5.91 Å². The molecule has 1 amide bonds. The number of pyridine rings is 1. The highest BCUT2D eigenvalue weighted by atomic mass is 32.2. The zero-order valence-corrected chi connectivity index (χ0v) is 17.4. The molecule has 0 spiro atoms. The summed E-state index contributed by atoms with van der Waals surface area (Å²) in [4.78, 5) is 24.0. The van der Waals surface area contributed by atoms with Gasteiger partial charge in [0.15, 0.2) is 0 Å². The molecule has 1 atom stereocenters. The molecule has 0 aliphatic heterocycles. The molecule has 0 N–H and O–H groups in total. The Balaban J connectivity index is 1.97. The van der Waals surface area contributed by atoms with Gasteiger partial charge in [-0.25, -0.2) is 4.98 Å². The molecule has 0 saturated carbocycles. The molecular weight excluding hydrogens is 374 g/mol. The number of thioether (sulfide) groups is 1. The SMILES string of the molecule is CSCC(C)C(=O)N(Cc1ccccc1)c1sc(-c2cccnc2)nc1C. The van der Waals surface area contributed by atoms with E-state index in [2.05, 4.69) is 17.1 Å². The summed E-state index contributed by atoms with van der Waals surface area (Å²) in [5, 5.41) is 1.80. The molecule has 140 valence electrons. The molecule has 1 aromatic carbocycles.